The van der Waals surface area contributed by atoms with Crippen molar-refractivity contribution in [2.45, 2.75) is 35.5 Å². The SMILES string of the molecule is O=S(=O)(c1ccc(S(=O)(=O)N2CCN(c3ccccc3F)CC2)cc1)N1CCCCCC1. The summed E-state index contributed by atoms with van der Waals surface area (Å²) in [5.74, 6) is -0.329. The number of hydrogen-bond donors (Lipinski definition) is 0. The van der Waals surface area contributed by atoms with E-state index in [0.29, 0.717) is 31.9 Å². The van der Waals surface area contributed by atoms with Crippen molar-refractivity contribution in [3.63, 3.8) is 0 Å². The summed E-state index contributed by atoms with van der Waals surface area (Å²) in [6, 6.07) is 11.9. The lowest BCUT2D eigenvalue weighted by Gasteiger charge is -2.35. The zero-order chi connectivity index (χ0) is 22.8. The average Bonchev–Trinajstić information content (AvgIpc) is 3.10. The minimum absolute atomic E-state index is 0.0617. The Balaban J connectivity index is 1.46. The second-order valence-corrected chi connectivity index (χ2v) is 12.0. The van der Waals surface area contributed by atoms with Crippen LogP contribution in [0.1, 0.15) is 25.7 Å². The Labute approximate surface area is 189 Å². The van der Waals surface area contributed by atoms with Crippen LogP contribution >= 0.6 is 0 Å². The first-order chi connectivity index (χ1) is 15.3. The number of nitrogens with zero attached hydrogens (tertiary/aromatic N) is 3. The molecular weight excluding hydrogens is 453 g/mol. The van der Waals surface area contributed by atoms with Crippen LogP contribution in [0.4, 0.5) is 10.1 Å². The largest absolute Gasteiger partial charge is 0.367 e. The summed E-state index contributed by atoms with van der Waals surface area (Å²) >= 11 is 0. The van der Waals surface area contributed by atoms with Gasteiger partial charge in [-0.25, -0.2) is 21.2 Å². The lowest BCUT2D eigenvalue weighted by atomic mass is 10.2. The van der Waals surface area contributed by atoms with Crippen LogP contribution in [-0.2, 0) is 20.0 Å². The molecule has 0 aromatic heterocycles. The summed E-state index contributed by atoms with van der Waals surface area (Å²) in [6.45, 7) is 2.20. The minimum atomic E-state index is -3.77. The van der Waals surface area contributed by atoms with E-state index in [1.54, 1.807) is 18.2 Å². The fourth-order valence-corrected chi connectivity index (χ4v) is 7.18. The standard InChI is InChI=1S/C22H28FN3O4S2/c23-21-7-3-4-8-22(21)24-15-17-26(18-16-24)32(29,30)20-11-9-19(10-12-20)31(27,28)25-13-5-1-2-6-14-25/h3-4,7-12H,1-2,5-6,13-18H2. The maximum Gasteiger partial charge on any atom is 0.243 e. The van der Waals surface area contributed by atoms with Gasteiger partial charge in [-0.1, -0.05) is 25.0 Å². The Morgan fingerprint density at radius 3 is 1.56 bits per heavy atom. The van der Waals surface area contributed by atoms with Crippen molar-refractivity contribution < 1.29 is 21.2 Å². The molecule has 2 aromatic carbocycles. The highest BCUT2D eigenvalue weighted by molar-refractivity contribution is 7.89. The summed E-state index contributed by atoms with van der Waals surface area (Å²) in [5.41, 5.74) is 0.465. The van der Waals surface area contributed by atoms with Crippen LogP contribution in [0.3, 0.4) is 0 Å². The van der Waals surface area contributed by atoms with Crippen molar-refractivity contribution in [1.82, 2.24) is 8.61 Å². The fourth-order valence-electron chi connectivity index (χ4n) is 4.24. The number of piperazine rings is 1. The molecule has 7 nitrogen and oxygen atoms in total. The highest BCUT2D eigenvalue weighted by Gasteiger charge is 2.30. The Bertz CT molecular complexity index is 1140. The molecule has 0 saturated carbocycles. The monoisotopic (exact) mass is 481 g/mol. The van der Waals surface area contributed by atoms with Gasteiger partial charge in [-0.15, -0.1) is 0 Å². The number of benzene rings is 2. The van der Waals surface area contributed by atoms with E-state index in [-0.39, 0.29) is 28.7 Å². The third-order valence-electron chi connectivity index (χ3n) is 6.10. The summed E-state index contributed by atoms with van der Waals surface area (Å²) in [4.78, 5) is 2.01. The van der Waals surface area contributed by atoms with Crippen LogP contribution in [0.15, 0.2) is 58.3 Å². The molecule has 0 radical (unpaired) electrons. The summed E-state index contributed by atoms with van der Waals surface area (Å²) < 4.78 is 68.9. The summed E-state index contributed by atoms with van der Waals surface area (Å²) in [6.07, 6.45) is 3.72. The molecule has 0 spiro atoms. The summed E-state index contributed by atoms with van der Waals surface area (Å²) in [5, 5.41) is 0. The lowest BCUT2D eigenvalue weighted by molar-refractivity contribution is 0.383. The second kappa shape index (κ2) is 9.46. The van der Waals surface area contributed by atoms with Crippen LogP contribution in [0.2, 0.25) is 0 Å². The van der Waals surface area contributed by atoms with E-state index in [9.17, 15) is 21.2 Å². The van der Waals surface area contributed by atoms with Crippen molar-refractivity contribution in [3.05, 3.63) is 54.3 Å². The number of rotatable bonds is 5. The zero-order valence-corrected chi connectivity index (χ0v) is 19.5. The Kier molecular flexibility index (Phi) is 6.85. The quantitative estimate of drug-likeness (QED) is 0.656. The third kappa shape index (κ3) is 4.68. The highest BCUT2D eigenvalue weighted by Crippen LogP contribution is 2.25. The number of anilines is 1. The fraction of sp³-hybridized carbons (Fsp3) is 0.455. The Morgan fingerprint density at radius 2 is 1.06 bits per heavy atom. The van der Waals surface area contributed by atoms with Gasteiger partial charge in [0.25, 0.3) is 0 Å². The first kappa shape index (κ1) is 23.2. The molecular formula is C22H28FN3O4S2. The predicted octanol–water partition coefficient (Wildman–Crippen LogP) is 2.90. The van der Waals surface area contributed by atoms with Gasteiger partial charge in [0.05, 0.1) is 15.5 Å². The van der Waals surface area contributed by atoms with Crippen molar-refractivity contribution in [2.24, 2.45) is 0 Å². The highest BCUT2D eigenvalue weighted by atomic mass is 32.2. The van der Waals surface area contributed by atoms with E-state index in [2.05, 4.69) is 0 Å². The van der Waals surface area contributed by atoms with Crippen LogP contribution in [-0.4, -0.2) is 64.7 Å². The van der Waals surface area contributed by atoms with Gasteiger partial charge in [0.1, 0.15) is 5.82 Å². The molecule has 0 N–H and O–H groups in total. The van der Waals surface area contributed by atoms with Gasteiger partial charge >= 0.3 is 0 Å². The van der Waals surface area contributed by atoms with Crippen LogP contribution in [0, 0.1) is 5.82 Å². The zero-order valence-electron chi connectivity index (χ0n) is 17.9. The van der Waals surface area contributed by atoms with Crippen molar-refractivity contribution >= 4 is 25.7 Å². The molecule has 10 heteroatoms. The number of sulfonamides is 2. The molecule has 4 rings (SSSR count). The molecule has 2 fully saturated rings. The van der Waals surface area contributed by atoms with Crippen LogP contribution in [0.5, 0.6) is 0 Å². The first-order valence-electron chi connectivity index (χ1n) is 10.9. The summed E-state index contributed by atoms with van der Waals surface area (Å²) in [7, 11) is -7.40. The third-order valence-corrected chi connectivity index (χ3v) is 9.92. The van der Waals surface area contributed by atoms with E-state index in [0.717, 1.165) is 25.7 Å². The molecule has 0 atom stereocenters. The van der Waals surface area contributed by atoms with Gasteiger partial charge in [0.15, 0.2) is 0 Å². The molecule has 2 saturated heterocycles. The minimum Gasteiger partial charge on any atom is -0.367 e. The van der Waals surface area contributed by atoms with Gasteiger partial charge in [-0.2, -0.15) is 8.61 Å². The maximum absolute atomic E-state index is 14.0. The van der Waals surface area contributed by atoms with E-state index < -0.39 is 20.0 Å². The molecule has 2 heterocycles. The topological polar surface area (TPSA) is 78.0 Å². The number of hydrogen-bond acceptors (Lipinski definition) is 5. The number of halogens is 1. The number of para-hydroxylation sites is 1. The molecule has 2 aromatic rings. The second-order valence-electron chi connectivity index (χ2n) is 8.13. The molecule has 0 bridgehead atoms. The molecule has 0 aliphatic carbocycles. The van der Waals surface area contributed by atoms with Gasteiger partial charge in [0, 0.05) is 39.3 Å². The molecule has 32 heavy (non-hydrogen) atoms. The van der Waals surface area contributed by atoms with Gasteiger partial charge in [-0.05, 0) is 49.2 Å². The molecule has 174 valence electrons. The van der Waals surface area contributed by atoms with Crippen LogP contribution < -0.4 is 4.90 Å². The van der Waals surface area contributed by atoms with Gasteiger partial charge < -0.3 is 4.90 Å². The smallest absolute Gasteiger partial charge is 0.243 e. The van der Waals surface area contributed by atoms with Crippen molar-refractivity contribution in [2.75, 3.05) is 44.2 Å². The van der Waals surface area contributed by atoms with Gasteiger partial charge in [-0.3, -0.25) is 0 Å². The molecule has 2 aliphatic rings. The Hall–Kier alpha value is -2.01. The average molecular weight is 482 g/mol. The molecule has 0 unspecified atom stereocenters. The van der Waals surface area contributed by atoms with E-state index in [1.807, 2.05) is 4.90 Å². The van der Waals surface area contributed by atoms with Crippen molar-refractivity contribution in [3.8, 4) is 0 Å². The Morgan fingerprint density at radius 1 is 0.594 bits per heavy atom. The molecule has 2 aliphatic heterocycles. The van der Waals surface area contributed by atoms with E-state index >= 15 is 0 Å². The van der Waals surface area contributed by atoms with Gasteiger partial charge in [0.2, 0.25) is 20.0 Å². The lowest BCUT2D eigenvalue weighted by Crippen LogP contribution is -2.48. The van der Waals surface area contributed by atoms with E-state index in [4.69, 9.17) is 0 Å². The normalized spacial score (nSPS) is 19.6. The molecule has 0 amide bonds. The first-order valence-corrected chi connectivity index (χ1v) is 13.8. The van der Waals surface area contributed by atoms with E-state index in [1.165, 1.54) is 38.9 Å². The van der Waals surface area contributed by atoms with Crippen LogP contribution in [0.25, 0.3) is 0 Å². The predicted molar refractivity (Wildman–Crippen MR) is 121 cm³/mol. The maximum atomic E-state index is 14.0. The van der Waals surface area contributed by atoms with Crippen molar-refractivity contribution in [1.29, 1.82) is 0 Å².